The molecular formula is C21H23BrN2O3. The number of ether oxygens (including phenoxy) is 1. The van der Waals surface area contributed by atoms with Gasteiger partial charge in [-0.05, 0) is 82.2 Å². The van der Waals surface area contributed by atoms with Gasteiger partial charge in [0, 0.05) is 12.1 Å². The first kappa shape index (κ1) is 19.6. The van der Waals surface area contributed by atoms with E-state index in [1.807, 2.05) is 12.1 Å². The van der Waals surface area contributed by atoms with Crippen LogP contribution in [0.15, 0.2) is 46.9 Å². The van der Waals surface area contributed by atoms with Crippen LogP contribution in [0.3, 0.4) is 0 Å². The van der Waals surface area contributed by atoms with Crippen molar-refractivity contribution in [2.75, 3.05) is 13.7 Å². The molecule has 2 aromatic carbocycles. The van der Waals surface area contributed by atoms with Gasteiger partial charge >= 0.3 is 0 Å². The maximum absolute atomic E-state index is 11.1. The highest BCUT2D eigenvalue weighted by molar-refractivity contribution is 9.10. The van der Waals surface area contributed by atoms with Crippen LogP contribution >= 0.6 is 15.9 Å². The summed E-state index contributed by atoms with van der Waals surface area (Å²) in [7, 11) is 1.67. The zero-order chi connectivity index (χ0) is 19.2. The molecule has 0 saturated carbocycles. The van der Waals surface area contributed by atoms with Crippen molar-refractivity contribution in [1.29, 1.82) is 0 Å². The minimum absolute atomic E-state index is 0.362. The summed E-state index contributed by atoms with van der Waals surface area (Å²) in [6.07, 6.45) is 6.07. The zero-order valence-corrected chi connectivity index (χ0v) is 16.8. The van der Waals surface area contributed by atoms with E-state index in [-0.39, 0.29) is 0 Å². The van der Waals surface area contributed by atoms with Gasteiger partial charge in [-0.2, -0.15) is 0 Å². The van der Waals surface area contributed by atoms with Gasteiger partial charge in [0.2, 0.25) is 0 Å². The van der Waals surface area contributed by atoms with Gasteiger partial charge in [-0.1, -0.05) is 24.3 Å². The van der Waals surface area contributed by atoms with Crippen LogP contribution in [-0.4, -0.2) is 24.8 Å². The molecule has 1 aliphatic rings. The maximum atomic E-state index is 11.1. The molecular weight excluding hydrogens is 408 g/mol. The third-order valence-corrected chi connectivity index (χ3v) is 5.42. The molecule has 1 unspecified atom stereocenters. The maximum Gasteiger partial charge on any atom is 0.267 e. The van der Waals surface area contributed by atoms with E-state index in [0.29, 0.717) is 6.04 Å². The number of methoxy groups -OCH3 is 1. The third kappa shape index (κ3) is 4.97. The summed E-state index contributed by atoms with van der Waals surface area (Å²) in [6.45, 7) is 0.904. The number of nitrogens with one attached hydrogen (secondary N) is 2. The molecule has 5 nitrogen and oxygen atoms in total. The lowest BCUT2D eigenvalue weighted by molar-refractivity contribution is -0.124. The summed E-state index contributed by atoms with van der Waals surface area (Å²) in [4.78, 5) is 11.1. The van der Waals surface area contributed by atoms with E-state index in [4.69, 9.17) is 9.94 Å². The number of amides is 1. The van der Waals surface area contributed by atoms with Gasteiger partial charge in [-0.25, -0.2) is 5.48 Å². The SMILES string of the molecule is COc1ccc(CCNC2CCc3cc(C=CC(=O)NO)ccc32)cc1Br. The van der Waals surface area contributed by atoms with E-state index in [9.17, 15) is 4.79 Å². The van der Waals surface area contributed by atoms with Crippen molar-refractivity contribution in [1.82, 2.24) is 10.8 Å². The number of benzene rings is 2. The molecule has 0 radical (unpaired) electrons. The van der Waals surface area contributed by atoms with Crippen molar-refractivity contribution in [2.45, 2.75) is 25.3 Å². The summed E-state index contributed by atoms with van der Waals surface area (Å²) < 4.78 is 6.25. The molecule has 3 N–H and O–H groups in total. The van der Waals surface area contributed by atoms with Crippen molar-refractivity contribution < 1.29 is 14.7 Å². The van der Waals surface area contributed by atoms with E-state index in [1.54, 1.807) is 18.7 Å². The molecule has 0 spiro atoms. The Labute approximate surface area is 167 Å². The number of hydrogen-bond donors (Lipinski definition) is 3. The predicted octanol–water partition coefficient (Wildman–Crippen LogP) is 3.80. The van der Waals surface area contributed by atoms with Crippen LogP contribution in [0.25, 0.3) is 6.08 Å². The Morgan fingerprint density at radius 2 is 2.19 bits per heavy atom. The topological polar surface area (TPSA) is 70.6 Å². The largest absolute Gasteiger partial charge is 0.496 e. The van der Waals surface area contributed by atoms with E-state index < -0.39 is 5.91 Å². The average Bonchev–Trinajstić information content (AvgIpc) is 3.08. The second-order valence-corrected chi connectivity index (χ2v) is 7.39. The van der Waals surface area contributed by atoms with Crippen LogP contribution in [0.1, 0.15) is 34.7 Å². The van der Waals surface area contributed by atoms with Gasteiger partial charge in [-0.3, -0.25) is 10.0 Å². The lowest BCUT2D eigenvalue weighted by atomic mass is 10.0. The van der Waals surface area contributed by atoms with Crippen molar-refractivity contribution in [3.05, 3.63) is 69.2 Å². The van der Waals surface area contributed by atoms with Crippen molar-refractivity contribution in [2.24, 2.45) is 0 Å². The molecule has 27 heavy (non-hydrogen) atoms. The van der Waals surface area contributed by atoms with Crippen molar-refractivity contribution >= 4 is 27.9 Å². The van der Waals surface area contributed by atoms with Crippen molar-refractivity contribution in [3.63, 3.8) is 0 Å². The summed E-state index contributed by atoms with van der Waals surface area (Å²) >= 11 is 3.53. The average molecular weight is 431 g/mol. The number of rotatable bonds is 7. The second-order valence-electron chi connectivity index (χ2n) is 6.53. The Kier molecular flexibility index (Phi) is 6.66. The Bertz CT molecular complexity index is 851. The Hall–Kier alpha value is -2.15. The highest BCUT2D eigenvalue weighted by Gasteiger charge is 2.21. The molecule has 0 heterocycles. The van der Waals surface area contributed by atoms with Crippen LogP contribution < -0.4 is 15.5 Å². The van der Waals surface area contributed by atoms with Crippen molar-refractivity contribution in [3.8, 4) is 5.75 Å². The molecule has 6 heteroatoms. The lowest BCUT2D eigenvalue weighted by Crippen LogP contribution is -2.21. The number of hydroxylamine groups is 1. The third-order valence-electron chi connectivity index (χ3n) is 4.80. The van der Waals surface area contributed by atoms with Crippen LogP contribution in [0, 0.1) is 0 Å². The quantitative estimate of drug-likeness (QED) is 0.355. The molecule has 0 saturated heterocycles. The zero-order valence-electron chi connectivity index (χ0n) is 15.2. The minimum Gasteiger partial charge on any atom is -0.496 e. The number of halogens is 1. The molecule has 1 atom stereocenters. The second kappa shape index (κ2) is 9.17. The van der Waals surface area contributed by atoms with Gasteiger partial charge in [0.05, 0.1) is 11.6 Å². The van der Waals surface area contributed by atoms with Gasteiger partial charge < -0.3 is 10.1 Å². The van der Waals surface area contributed by atoms with Crippen LogP contribution in [0.4, 0.5) is 0 Å². The molecule has 0 aliphatic heterocycles. The standard InChI is InChI=1S/C21H23BrN2O3/c1-27-20-8-3-15(13-18(20)22)10-11-23-19-7-5-16-12-14(2-6-17(16)19)4-9-21(25)24-26/h2-4,6,8-9,12-13,19,23,26H,5,7,10-11H2,1H3,(H,24,25). The molecule has 142 valence electrons. The molecule has 3 rings (SSSR count). The summed E-state index contributed by atoms with van der Waals surface area (Å²) in [5.74, 6) is 0.318. The van der Waals surface area contributed by atoms with E-state index >= 15 is 0 Å². The number of fused-ring (bicyclic) bond motifs is 1. The van der Waals surface area contributed by atoms with Crippen LogP contribution in [-0.2, 0) is 17.6 Å². The monoisotopic (exact) mass is 430 g/mol. The number of aryl methyl sites for hydroxylation is 1. The number of carbonyl (C=O) groups excluding carboxylic acids is 1. The predicted molar refractivity (Wildman–Crippen MR) is 109 cm³/mol. The van der Waals surface area contributed by atoms with E-state index in [1.165, 1.54) is 22.8 Å². The van der Waals surface area contributed by atoms with E-state index in [0.717, 1.165) is 41.6 Å². The smallest absolute Gasteiger partial charge is 0.267 e. The molecule has 1 amide bonds. The molecule has 0 bridgehead atoms. The Morgan fingerprint density at radius 3 is 2.93 bits per heavy atom. The lowest BCUT2D eigenvalue weighted by Gasteiger charge is -2.14. The highest BCUT2D eigenvalue weighted by Crippen LogP contribution is 2.32. The first-order valence-electron chi connectivity index (χ1n) is 8.91. The number of hydrogen-bond acceptors (Lipinski definition) is 4. The molecule has 0 aromatic heterocycles. The molecule has 2 aromatic rings. The highest BCUT2D eigenvalue weighted by atomic mass is 79.9. The van der Waals surface area contributed by atoms with Crippen LogP contribution in [0.5, 0.6) is 5.75 Å². The Morgan fingerprint density at radius 1 is 1.33 bits per heavy atom. The van der Waals surface area contributed by atoms with Gasteiger partial charge in [0.25, 0.3) is 5.91 Å². The Balaban J connectivity index is 1.57. The van der Waals surface area contributed by atoms with Gasteiger partial charge in [0.15, 0.2) is 0 Å². The fraction of sp³-hybridized carbons (Fsp3) is 0.286. The minimum atomic E-state index is -0.528. The van der Waals surface area contributed by atoms with Gasteiger partial charge in [0.1, 0.15) is 5.75 Å². The van der Waals surface area contributed by atoms with Gasteiger partial charge in [-0.15, -0.1) is 0 Å². The first-order valence-corrected chi connectivity index (χ1v) is 9.71. The fourth-order valence-corrected chi connectivity index (χ4v) is 4.01. The summed E-state index contributed by atoms with van der Waals surface area (Å²) in [5.41, 5.74) is 6.45. The molecule has 0 fully saturated rings. The fourth-order valence-electron chi connectivity index (χ4n) is 3.42. The summed E-state index contributed by atoms with van der Waals surface area (Å²) in [5, 5.41) is 12.2. The molecule has 1 aliphatic carbocycles. The summed E-state index contributed by atoms with van der Waals surface area (Å²) in [6, 6.07) is 12.8. The van der Waals surface area contributed by atoms with E-state index in [2.05, 4.69) is 45.5 Å². The normalized spacial score (nSPS) is 15.7. The van der Waals surface area contributed by atoms with Crippen LogP contribution in [0.2, 0.25) is 0 Å². The first-order chi connectivity index (χ1) is 13.1. The number of carbonyl (C=O) groups is 1.